The first-order chi connectivity index (χ1) is 10.2. The second kappa shape index (κ2) is 9.31. The van der Waals surface area contributed by atoms with E-state index in [2.05, 4.69) is 29.2 Å². The Labute approximate surface area is 127 Å². The largest absolute Gasteiger partial charge is 0.339 e. The highest BCUT2D eigenvalue weighted by Crippen LogP contribution is 2.08. The molecule has 21 heavy (non-hydrogen) atoms. The Balaban J connectivity index is 2.55. The number of carbonyl (C=O) groups is 1. The summed E-state index contributed by atoms with van der Waals surface area (Å²) >= 11 is 0. The summed E-state index contributed by atoms with van der Waals surface area (Å²) in [6.07, 6.45) is 2.54. The maximum atomic E-state index is 12.4. The van der Waals surface area contributed by atoms with E-state index in [0.717, 1.165) is 32.6 Å². The van der Waals surface area contributed by atoms with E-state index in [4.69, 9.17) is 5.84 Å². The van der Waals surface area contributed by atoms with Gasteiger partial charge in [-0.15, -0.1) is 0 Å². The lowest BCUT2D eigenvalue weighted by atomic mass is 10.2. The molecule has 1 aromatic rings. The fraction of sp³-hybridized carbons (Fsp3) is 0.600. The minimum atomic E-state index is 0.0214. The quantitative estimate of drug-likeness (QED) is 0.534. The molecule has 0 unspecified atom stereocenters. The molecule has 1 amide bonds. The third kappa shape index (κ3) is 5.32. The van der Waals surface area contributed by atoms with E-state index in [9.17, 15) is 4.79 Å². The SMILES string of the molecule is CCN(CC)CCCN(CC)C(=O)c1ccc(NN)nc1. The van der Waals surface area contributed by atoms with Crippen LogP contribution >= 0.6 is 0 Å². The van der Waals surface area contributed by atoms with Crippen LogP contribution in [-0.4, -0.2) is 53.4 Å². The highest BCUT2D eigenvalue weighted by Gasteiger charge is 2.14. The normalized spacial score (nSPS) is 10.7. The van der Waals surface area contributed by atoms with E-state index in [0.29, 0.717) is 17.9 Å². The van der Waals surface area contributed by atoms with Gasteiger partial charge in [-0.3, -0.25) is 4.79 Å². The molecule has 0 saturated carbocycles. The van der Waals surface area contributed by atoms with Crippen LogP contribution in [0.5, 0.6) is 0 Å². The van der Waals surface area contributed by atoms with Crippen LogP contribution in [-0.2, 0) is 0 Å². The number of hydrazine groups is 1. The van der Waals surface area contributed by atoms with E-state index in [1.54, 1.807) is 18.3 Å². The van der Waals surface area contributed by atoms with Gasteiger partial charge in [-0.1, -0.05) is 13.8 Å². The van der Waals surface area contributed by atoms with Crippen molar-refractivity contribution in [1.82, 2.24) is 14.8 Å². The molecule has 0 aromatic carbocycles. The van der Waals surface area contributed by atoms with E-state index in [1.807, 2.05) is 11.8 Å². The zero-order valence-corrected chi connectivity index (χ0v) is 13.3. The lowest BCUT2D eigenvalue weighted by Gasteiger charge is -2.23. The standard InChI is InChI=1S/C15H27N5O/c1-4-19(5-2)10-7-11-20(6-3)15(21)13-8-9-14(18-16)17-12-13/h8-9,12H,4-7,10-11,16H2,1-3H3,(H,17,18). The second-order valence-corrected chi connectivity index (χ2v) is 4.84. The van der Waals surface area contributed by atoms with E-state index >= 15 is 0 Å². The molecule has 0 fully saturated rings. The first kappa shape index (κ1) is 17.4. The summed E-state index contributed by atoms with van der Waals surface area (Å²) in [5, 5.41) is 0. The van der Waals surface area contributed by atoms with Gasteiger partial charge < -0.3 is 15.2 Å². The van der Waals surface area contributed by atoms with Gasteiger partial charge in [0.25, 0.3) is 5.91 Å². The van der Waals surface area contributed by atoms with Gasteiger partial charge in [0.1, 0.15) is 5.82 Å². The van der Waals surface area contributed by atoms with Gasteiger partial charge in [-0.05, 0) is 45.1 Å². The molecule has 1 rings (SSSR count). The van der Waals surface area contributed by atoms with E-state index in [1.165, 1.54) is 0 Å². The van der Waals surface area contributed by atoms with Gasteiger partial charge in [0.15, 0.2) is 0 Å². The van der Waals surface area contributed by atoms with Gasteiger partial charge in [0.2, 0.25) is 0 Å². The molecule has 118 valence electrons. The van der Waals surface area contributed by atoms with Crippen molar-refractivity contribution in [3.63, 3.8) is 0 Å². The van der Waals surface area contributed by atoms with Gasteiger partial charge in [-0.25, -0.2) is 10.8 Å². The average molecular weight is 293 g/mol. The Kier molecular flexibility index (Phi) is 7.71. The summed E-state index contributed by atoms with van der Waals surface area (Å²) < 4.78 is 0. The maximum absolute atomic E-state index is 12.4. The van der Waals surface area contributed by atoms with Crippen LogP contribution in [0, 0.1) is 0 Å². The number of amides is 1. The number of nitrogen functional groups attached to an aromatic ring is 1. The van der Waals surface area contributed by atoms with Crippen LogP contribution in [0.15, 0.2) is 18.3 Å². The number of pyridine rings is 1. The molecule has 6 nitrogen and oxygen atoms in total. The third-order valence-electron chi connectivity index (χ3n) is 3.62. The van der Waals surface area contributed by atoms with Crippen LogP contribution < -0.4 is 11.3 Å². The Bertz CT molecular complexity index is 417. The van der Waals surface area contributed by atoms with Gasteiger partial charge in [-0.2, -0.15) is 0 Å². The number of nitrogens with two attached hydrogens (primary N) is 1. The lowest BCUT2D eigenvalue weighted by Crippen LogP contribution is -2.34. The summed E-state index contributed by atoms with van der Waals surface area (Å²) in [4.78, 5) is 20.7. The zero-order valence-electron chi connectivity index (χ0n) is 13.3. The minimum Gasteiger partial charge on any atom is -0.339 e. The molecule has 0 aliphatic heterocycles. The van der Waals surface area contributed by atoms with Crippen molar-refractivity contribution in [2.24, 2.45) is 5.84 Å². The van der Waals surface area contributed by atoms with Crippen molar-refractivity contribution < 1.29 is 4.79 Å². The fourth-order valence-corrected chi connectivity index (χ4v) is 2.22. The Hall–Kier alpha value is -1.66. The Morgan fingerprint density at radius 3 is 2.38 bits per heavy atom. The maximum Gasteiger partial charge on any atom is 0.255 e. The molecule has 0 radical (unpaired) electrons. The zero-order chi connectivity index (χ0) is 15.7. The van der Waals surface area contributed by atoms with Crippen molar-refractivity contribution in [2.75, 3.05) is 38.1 Å². The van der Waals surface area contributed by atoms with Crippen molar-refractivity contribution in [2.45, 2.75) is 27.2 Å². The van der Waals surface area contributed by atoms with Crippen LogP contribution in [0.3, 0.4) is 0 Å². The molecule has 0 spiro atoms. The number of anilines is 1. The fourth-order valence-electron chi connectivity index (χ4n) is 2.22. The predicted octanol–water partition coefficient (Wildman–Crippen LogP) is 1.56. The molecule has 3 N–H and O–H groups in total. The highest BCUT2D eigenvalue weighted by molar-refractivity contribution is 5.94. The molecular weight excluding hydrogens is 266 g/mol. The molecule has 1 heterocycles. The van der Waals surface area contributed by atoms with Crippen molar-refractivity contribution in [3.05, 3.63) is 23.9 Å². The summed E-state index contributed by atoms with van der Waals surface area (Å²) in [5.41, 5.74) is 3.05. The highest BCUT2D eigenvalue weighted by atomic mass is 16.2. The van der Waals surface area contributed by atoms with Crippen LogP contribution in [0.1, 0.15) is 37.6 Å². The Morgan fingerprint density at radius 1 is 1.19 bits per heavy atom. The summed E-state index contributed by atoms with van der Waals surface area (Å²) in [6, 6.07) is 3.45. The number of hydrogen-bond acceptors (Lipinski definition) is 5. The van der Waals surface area contributed by atoms with Gasteiger partial charge in [0, 0.05) is 19.3 Å². The topological polar surface area (TPSA) is 74.5 Å². The number of nitrogens with zero attached hydrogens (tertiary/aromatic N) is 3. The van der Waals surface area contributed by atoms with Crippen LogP contribution in [0.4, 0.5) is 5.82 Å². The Morgan fingerprint density at radius 2 is 1.90 bits per heavy atom. The molecule has 0 aliphatic carbocycles. The third-order valence-corrected chi connectivity index (χ3v) is 3.62. The predicted molar refractivity (Wildman–Crippen MR) is 86.0 cm³/mol. The van der Waals surface area contributed by atoms with E-state index < -0.39 is 0 Å². The van der Waals surface area contributed by atoms with Crippen molar-refractivity contribution in [3.8, 4) is 0 Å². The molecule has 0 saturated heterocycles. The number of hydrogen-bond donors (Lipinski definition) is 2. The van der Waals surface area contributed by atoms with Gasteiger partial charge >= 0.3 is 0 Å². The lowest BCUT2D eigenvalue weighted by molar-refractivity contribution is 0.0757. The van der Waals surface area contributed by atoms with Gasteiger partial charge in [0.05, 0.1) is 5.56 Å². The number of aromatic nitrogens is 1. The summed E-state index contributed by atoms with van der Waals surface area (Å²) in [7, 11) is 0. The molecular formula is C15H27N5O. The monoisotopic (exact) mass is 293 g/mol. The van der Waals surface area contributed by atoms with Crippen molar-refractivity contribution in [1.29, 1.82) is 0 Å². The summed E-state index contributed by atoms with van der Waals surface area (Å²) in [5.74, 6) is 5.84. The number of nitrogens with one attached hydrogen (secondary N) is 1. The van der Waals surface area contributed by atoms with Crippen LogP contribution in [0.25, 0.3) is 0 Å². The molecule has 0 aliphatic rings. The molecule has 0 atom stereocenters. The molecule has 0 bridgehead atoms. The minimum absolute atomic E-state index is 0.0214. The molecule has 1 aromatic heterocycles. The molecule has 6 heteroatoms. The van der Waals surface area contributed by atoms with E-state index in [-0.39, 0.29) is 5.91 Å². The first-order valence-electron chi connectivity index (χ1n) is 7.60. The smallest absolute Gasteiger partial charge is 0.255 e. The number of rotatable bonds is 9. The van der Waals surface area contributed by atoms with Crippen LogP contribution in [0.2, 0.25) is 0 Å². The summed E-state index contributed by atoms with van der Waals surface area (Å²) in [6.45, 7) is 10.9. The second-order valence-electron chi connectivity index (χ2n) is 4.84. The number of carbonyl (C=O) groups excluding carboxylic acids is 1. The average Bonchev–Trinajstić information content (AvgIpc) is 2.55. The van der Waals surface area contributed by atoms with Crippen molar-refractivity contribution >= 4 is 11.7 Å². The first-order valence-corrected chi connectivity index (χ1v) is 7.60.